The first-order chi connectivity index (χ1) is 11.0. The Morgan fingerprint density at radius 1 is 1.22 bits per heavy atom. The molecule has 1 saturated carbocycles. The van der Waals surface area contributed by atoms with Crippen molar-refractivity contribution in [3.05, 3.63) is 28.8 Å². The number of amides is 1. The van der Waals surface area contributed by atoms with Crippen LogP contribution in [0.15, 0.2) is 12.1 Å². The van der Waals surface area contributed by atoms with Crippen LogP contribution >= 0.6 is 0 Å². The van der Waals surface area contributed by atoms with Gasteiger partial charge in [0.05, 0.1) is 0 Å². The average molecular weight is 317 g/mol. The molecule has 0 bridgehead atoms. The first kappa shape index (κ1) is 16.3. The molecule has 0 saturated heterocycles. The van der Waals surface area contributed by atoms with Crippen molar-refractivity contribution < 1.29 is 14.6 Å². The van der Waals surface area contributed by atoms with Crippen LogP contribution < -0.4 is 4.74 Å². The van der Waals surface area contributed by atoms with Gasteiger partial charge < -0.3 is 14.7 Å². The van der Waals surface area contributed by atoms with E-state index in [0.29, 0.717) is 12.3 Å². The molecule has 3 rings (SSSR count). The summed E-state index contributed by atoms with van der Waals surface area (Å²) in [6.45, 7) is 4.43. The minimum Gasteiger partial charge on any atom is -0.480 e. The highest BCUT2D eigenvalue weighted by Gasteiger charge is 2.35. The zero-order valence-electron chi connectivity index (χ0n) is 14.3. The normalized spacial score (nSPS) is 26.5. The molecule has 0 radical (unpaired) electrons. The van der Waals surface area contributed by atoms with Crippen LogP contribution in [0.25, 0.3) is 0 Å². The van der Waals surface area contributed by atoms with E-state index in [1.165, 1.54) is 11.1 Å². The van der Waals surface area contributed by atoms with Gasteiger partial charge in [-0.2, -0.15) is 0 Å². The summed E-state index contributed by atoms with van der Waals surface area (Å²) in [5, 5.41) is 9.24. The quantitative estimate of drug-likeness (QED) is 0.932. The second-order valence-corrected chi connectivity index (χ2v) is 7.16. The lowest BCUT2D eigenvalue weighted by molar-refractivity contribution is -0.139. The molecule has 1 amide bonds. The molecular weight excluding hydrogens is 290 g/mol. The van der Waals surface area contributed by atoms with Gasteiger partial charge in [-0.25, -0.2) is 0 Å². The van der Waals surface area contributed by atoms with Gasteiger partial charge in [0.1, 0.15) is 5.75 Å². The second-order valence-electron chi connectivity index (χ2n) is 7.16. The minimum atomic E-state index is -0.383. The molecule has 1 aromatic carbocycles. The van der Waals surface area contributed by atoms with Crippen molar-refractivity contribution in [1.29, 1.82) is 0 Å². The molecule has 1 aliphatic carbocycles. The molecule has 4 nitrogen and oxygen atoms in total. The van der Waals surface area contributed by atoms with Gasteiger partial charge in [0.25, 0.3) is 5.91 Å². The highest BCUT2D eigenvalue weighted by Crippen LogP contribution is 2.33. The van der Waals surface area contributed by atoms with Crippen LogP contribution in [-0.4, -0.2) is 41.7 Å². The van der Waals surface area contributed by atoms with Crippen LogP contribution in [0.3, 0.4) is 0 Å². The molecule has 2 aliphatic rings. The van der Waals surface area contributed by atoms with E-state index in [0.717, 1.165) is 37.0 Å². The van der Waals surface area contributed by atoms with E-state index in [1.807, 2.05) is 18.0 Å². The largest absolute Gasteiger partial charge is 0.480 e. The topological polar surface area (TPSA) is 49.8 Å². The Morgan fingerprint density at radius 2 is 1.87 bits per heavy atom. The number of fused-ring (bicyclic) bond motifs is 1. The summed E-state index contributed by atoms with van der Waals surface area (Å²) in [7, 11) is 1.90. The van der Waals surface area contributed by atoms with E-state index >= 15 is 0 Å². The highest BCUT2D eigenvalue weighted by molar-refractivity contribution is 5.82. The average Bonchev–Trinajstić information content (AvgIpc) is 2.96. The minimum absolute atomic E-state index is 0.0870. The third-order valence-corrected chi connectivity index (χ3v) is 5.60. The van der Waals surface area contributed by atoms with E-state index in [4.69, 9.17) is 4.74 Å². The predicted molar refractivity (Wildman–Crippen MR) is 89.6 cm³/mol. The Labute approximate surface area is 138 Å². The molecule has 4 heteroatoms. The van der Waals surface area contributed by atoms with Gasteiger partial charge in [-0.3, -0.25) is 4.79 Å². The van der Waals surface area contributed by atoms with Crippen molar-refractivity contribution in [3.8, 4) is 5.75 Å². The van der Waals surface area contributed by atoms with Crippen molar-refractivity contribution in [3.63, 3.8) is 0 Å². The number of carbonyl (C=O) groups is 1. The smallest absolute Gasteiger partial charge is 0.263 e. The van der Waals surface area contributed by atoms with E-state index in [-0.39, 0.29) is 24.7 Å². The van der Waals surface area contributed by atoms with Crippen molar-refractivity contribution >= 4 is 5.91 Å². The van der Waals surface area contributed by atoms with Gasteiger partial charge in [-0.1, -0.05) is 6.07 Å². The predicted octanol–water partition coefficient (Wildman–Crippen LogP) is 2.62. The summed E-state index contributed by atoms with van der Waals surface area (Å²) in [5.74, 6) is 1.36. The zero-order valence-corrected chi connectivity index (χ0v) is 14.3. The number of benzene rings is 1. The summed E-state index contributed by atoms with van der Waals surface area (Å²) in [6.07, 6.45) is 4.25. The van der Waals surface area contributed by atoms with Gasteiger partial charge in [0, 0.05) is 26.1 Å². The van der Waals surface area contributed by atoms with Gasteiger partial charge in [-0.15, -0.1) is 0 Å². The van der Waals surface area contributed by atoms with E-state index in [9.17, 15) is 9.90 Å². The maximum Gasteiger partial charge on any atom is 0.263 e. The summed E-state index contributed by atoms with van der Waals surface area (Å²) >= 11 is 0. The number of carbonyl (C=O) groups excluding carboxylic acids is 1. The van der Waals surface area contributed by atoms with Gasteiger partial charge >= 0.3 is 0 Å². The Kier molecular flexibility index (Phi) is 4.62. The number of aliphatic hydroxyl groups excluding tert-OH is 1. The summed E-state index contributed by atoms with van der Waals surface area (Å²) in [4.78, 5) is 14.7. The fraction of sp³-hybridized carbons (Fsp3) is 0.632. The highest BCUT2D eigenvalue weighted by atomic mass is 16.5. The monoisotopic (exact) mass is 317 g/mol. The molecule has 1 N–H and O–H groups in total. The molecule has 126 valence electrons. The summed E-state index contributed by atoms with van der Waals surface area (Å²) < 4.78 is 5.93. The number of rotatable bonds is 3. The fourth-order valence-electron chi connectivity index (χ4n) is 3.77. The Balaban J connectivity index is 1.63. The lowest BCUT2D eigenvalue weighted by Crippen LogP contribution is -2.46. The summed E-state index contributed by atoms with van der Waals surface area (Å²) in [6, 6.07) is 4.47. The van der Waals surface area contributed by atoms with Crippen molar-refractivity contribution in [2.75, 3.05) is 13.7 Å². The standard InChI is InChI=1S/C19H27NO3/c1-12-8-15-10-18(23-17(15)9-13(12)2)19(22)20(3)16-6-4-14(11-21)5-7-16/h8-9,14,16,18,21H,4-7,10-11H2,1-3H3. The SMILES string of the molecule is Cc1cc2c(cc1C)OC(C(=O)N(C)C1CCC(CO)CC1)C2. The number of hydrogen-bond acceptors (Lipinski definition) is 3. The Bertz CT molecular complexity index is 560. The number of ether oxygens (including phenoxy) is 1. The molecule has 1 aromatic rings. The molecule has 0 aromatic heterocycles. The van der Waals surface area contributed by atoms with Gasteiger partial charge in [0.2, 0.25) is 0 Å². The first-order valence-corrected chi connectivity index (χ1v) is 8.64. The summed E-state index contributed by atoms with van der Waals surface area (Å²) in [5.41, 5.74) is 3.59. The Hall–Kier alpha value is -1.55. The molecule has 1 aliphatic heterocycles. The van der Waals surface area contributed by atoms with Crippen LogP contribution in [-0.2, 0) is 11.2 Å². The van der Waals surface area contributed by atoms with Crippen molar-refractivity contribution in [2.45, 2.75) is 58.1 Å². The number of hydrogen-bond donors (Lipinski definition) is 1. The number of nitrogens with zero attached hydrogens (tertiary/aromatic N) is 1. The fourth-order valence-corrected chi connectivity index (χ4v) is 3.77. The van der Waals surface area contributed by atoms with E-state index < -0.39 is 0 Å². The third-order valence-electron chi connectivity index (χ3n) is 5.60. The van der Waals surface area contributed by atoms with Crippen LogP contribution in [0, 0.1) is 19.8 Å². The maximum atomic E-state index is 12.8. The molecular formula is C19H27NO3. The molecule has 1 unspecified atom stereocenters. The number of aryl methyl sites for hydroxylation is 2. The maximum absolute atomic E-state index is 12.8. The van der Waals surface area contributed by atoms with E-state index in [2.05, 4.69) is 19.9 Å². The van der Waals surface area contributed by atoms with Crippen LogP contribution in [0.2, 0.25) is 0 Å². The molecule has 1 atom stereocenters. The Morgan fingerprint density at radius 3 is 2.52 bits per heavy atom. The lowest BCUT2D eigenvalue weighted by atomic mass is 9.86. The van der Waals surface area contributed by atoms with Gasteiger partial charge in [-0.05, 0) is 68.2 Å². The van der Waals surface area contributed by atoms with Gasteiger partial charge in [0.15, 0.2) is 6.10 Å². The van der Waals surface area contributed by atoms with Crippen LogP contribution in [0.1, 0.15) is 42.4 Å². The molecule has 1 heterocycles. The second kappa shape index (κ2) is 6.52. The first-order valence-electron chi connectivity index (χ1n) is 8.64. The molecule has 0 spiro atoms. The van der Waals surface area contributed by atoms with Crippen LogP contribution in [0.4, 0.5) is 0 Å². The van der Waals surface area contributed by atoms with Crippen LogP contribution in [0.5, 0.6) is 5.75 Å². The van der Waals surface area contributed by atoms with Crippen molar-refractivity contribution in [2.24, 2.45) is 5.92 Å². The third kappa shape index (κ3) is 3.23. The molecule has 23 heavy (non-hydrogen) atoms. The molecule has 1 fully saturated rings. The lowest BCUT2D eigenvalue weighted by Gasteiger charge is -2.35. The number of aliphatic hydroxyl groups is 1. The zero-order chi connectivity index (χ0) is 16.6. The van der Waals surface area contributed by atoms with E-state index in [1.54, 1.807) is 0 Å². The number of likely N-dealkylation sites (N-methyl/N-ethyl adjacent to an activating group) is 1. The van der Waals surface area contributed by atoms with Crippen molar-refractivity contribution in [1.82, 2.24) is 4.90 Å².